The lowest BCUT2D eigenvalue weighted by Gasteiger charge is -2.20. The molecule has 0 radical (unpaired) electrons. The van der Waals surface area contributed by atoms with Gasteiger partial charge < -0.3 is 5.11 Å². The lowest BCUT2D eigenvalue weighted by molar-refractivity contribution is 0.509. The number of pyridine rings is 1. The number of nitrogens with zero attached hydrogens (tertiary/aromatic N) is 1. The molecule has 72 valence electrons. The fourth-order valence-electron chi connectivity index (χ4n) is 1.90. The summed E-state index contributed by atoms with van der Waals surface area (Å²) >= 11 is 0. The maximum Gasteiger partial charge on any atom is 0.133 e. The van der Waals surface area contributed by atoms with Gasteiger partial charge in [-0.05, 0) is 25.0 Å². The minimum absolute atomic E-state index is 0.101. The molecule has 1 atom stereocenters. The van der Waals surface area contributed by atoms with Crippen LogP contribution in [0.1, 0.15) is 24.1 Å². The van der Waals surface area contributed by atoms with Crippen LogP contribution in [0.2, 0.25) is 0 Å². The van der Waals surface area contributed by atoms with E-state index in [-0.39, 0.29) is 10.5 Å². The van der Waals surface area contributed by atoms with Gasteiger partial charge in [-0.1, -0.05) is 0 Å². The van der Waals surface area contributed by atoms with E-state index >= 15 is 0 Å². The highest BCUT2D eigenvalue weighted by Gasteiger charge is 2.54. The summed E-state index contributed by atoms with van der Waals surface area (Å²) in [4.78, 5) is 4.24. The molecule has 0 bridgehead atoms. The molecule has 3 nitrogen and oxygen atoms in total. The van der Waals surface area contributed by atoms with Gasteiger partial charge in [-0.25, -0.2) is 0 Å². The molecule has 1 aliphatic carbocycles. The van der Waals surface area contributed by atoms with Gasteiger partial charge in [0.25, 0.3) is 0 Å². The Balaban J connectivity index is 2.30. The van der Waals surface area contributed by atoms with Gasteiger partial charge in [-0.2, -0.15) is 0 Å². The van der Waals surface area contributed by atoms with Crippen LogP contribution in [-0.2, 0) is 15.5 Å². The molecule has 1 N–H and O–H groups in total. The van der Waals surface area contributed by atoms with Crippen molar-refractivity contribution in [1.29, 1.82) is 0 Å². The van der Waals surface area contributed by atoms with Crippen LogP contribution in [0.15, 0.2) is 23.7 Å². The van der Waals surface area contributed by atoms with E-state index in [9.17, 15) is 9.32 Å². The van der Waals surface area contributed by atoms with E-state index < -0.39 is 10.8 Å². The zero-order valence-corrected chi connectivity index (χ0v) is 8.25. The average molecular weight is 207 g/mol. The smallest absolute Gasteiger partial charge is 0.133 e. The molecule has 4 heteroatoms. The summed E-state index contributed by atoms with van der Waals surface area (Å²) in [6.45, 7) is 0. The fourth-order valence-corrected chi connectivity index (χ4v) is 3.31. The maximum atomic E-state index is 11.8. The highest BCUT2D eigenvalue weighted by Crippen LogP contribution is 2.54. The van der Waals surface area contributed by atoms with Gasteiger partial charge in [0, 0.05) is 17.2 Å². The first-order valence-corrected chi connectivity index (χ1v) is 5.73. The van der Waals surface area contributed by atoms with Gasteiger partial charge >= 0.3 is 0 Å². The van der Waals surface area contributed by atoms with Crippen molar-refractivity contribution < 1.29 is 9.32 Å². The van der Waals surface area contributed by atoms with E-state index in [0.29, 0.717) is 0 Å². The Kier molecular flexibility index (Phi) is 1.43. The minimum atomic E-state index is -1.11. The zero-order valence-electron chi connectivity index (χ0n) is 7.43. The summed E-state index contributed by atoms with van der Waals surface area (Å²) < 4.78 is 11.5. The Hall–Kier alpha value is -1.16. The number of fused-ring (bicyclic) bond motifs is 2. The molecule has 0 saturated heterocycles. The molecule has 1 aliphatic heterocycles. The number of hydrogen-bond acceptors (Lipinski definition) is 3. The summed E-state index contributed by atoms with van der Waals surface area (Å²) in [5.74, 6) is 0.101. The second-order valence-corrected chi connectivity index (χ2v) is 5.31. The van der Waals surface area contributed by atoms with Gasteiger partial charge in [0.15, 0.2) is 0 Å². The maximum absolute atomic E-state index is 11.8. The van der Waals surface area contributed by atoms with E-state index in [4.69, 9.17) is 0 Å². The Morgan fingerprint density at radius 1 is 1.50 bits per heavy atom. The van der Waals surface area contributed by atoms with Crippen LogP contribution in [0.5, 0.6) is 0 Å². The van der Waals surface area contributed by atoms with Crippen LogP contribution in [0.25, 0.3) is 5.76 Å². The molecule has 1 spiro atoms. The van der Waals surface area contributed by atoms with Crippen molar-refractivity contribution in [2.45, 2.75) is 17.6 Å². The van der Waals surface area contributed by atoms with Crippen molar-refractivity contribution in [2.75, 3.05) is 0 Å². The molecular formula is C10H9NO2S. The van der Waals surface area contributed by atoms with Crippen LogP contribution >= 0.6 is 0 Å². The lowest BCUT2D eigenvalue weighted by Crippen LogP contribution is -2.20. The van der Waals surface area contributed by atoms with Crippen molar-refractivity contribution >= 4 is 16.6 Å². The summed E-state index contributed by atoms with van der Waals surface area (Å²) in [5.41, 5.74) is 1.54. The van der Waals surface area contributed by atoms with Crippen LogP contribution in [0.3, 0.4) is 0 Å². The van der Waals surface area contributed by atoms with Crippen LogP contribution in [0, 0.1) is 0 Å². The van der Waals surface area contributed by atoms with Crippen molar-refractivity contribution in [1.82, 2.24) is 4.98 Å². The van der Waals surface area contributed by atoms with Gasteiger partial charge in [0.1, 0.15) is 5.76 Å². The van der Waals surface area contributed by atoms with Crippen molar-refractivity contribution in [3.63, 3.8) is 0 Å². The Labute approximate surface area is 83.9 Å². The Morgan fingerprint density at radius 3 is 3.00 bits per heavy atom. The van der Waals surface area contributed by atoms with E-state index in [1.807, 2.05) is 6.07 Å². The average Bonchev–Trinajstić information content (AvgIpc) is 2.97. The van der Waals surface area contributed by atoms with Gasteiger partial charge in [0.2, 0.25) is 0 Å². The third kappa shape index (κ3) is 0.865. The van der Waals surface area contributed by atoms with Crippen LogP contribution < -0.4 is 0 Å². The first-order chi connectivity index (χ1) is 6.74. The Morgan fingerprint density at radius 2 is 2.29 bits per heavy atom. The fraction of sp³-hybridized carbons (Fsp3) is 0.300. The quantitative estimate of drug-likeness (QED) is 0.704. The van der Waals surface area contributed by atoms with Gasteiger partial charge in [-0.15, -0.1) is 0 Å². The van der Waals surface area contributed by atoms with Crippen molar-refractivity contribution in [3.8, 4) is 0 Å². The second-order valence-electron chi connectivity index (χ2n) is 3.69. The molecule has 2 heterocycles. The molecule has 1 unspecified atom stereocenters. The van der Waals surface area contributed by atoms with Crippen LogP contribution in [-0.4, -0.2) is 14.3 Å². The highest BCUT2D eigenvalue weighted by molar-refractivity contribution is 7.89. The monoisotopic (exact) mass is 207 g/mol. The third-order valence-electron chi connectivity index (χ3n) is 2.82. The molecule has 0 amide bonds. The number of rotatable bonds is 0. The highest BCUT2D eigenvalue weighted by atomic mass is 32.2. The summed E-state index contributed by atoms with van der Waals surface area (Å²) in [6, 6.07) is 3.61. The van der Waals surface area contributed by atoms with E-state index in [0.717, 1.165) is 24.1 Å². The summed E-state index contributed by atoms with van der Waals surface area (Å²) in [6.07, 6.45) is 3.51. The predicted molar refractivity (Wildman–Crippen MR) is 53.9 cm³/mol. The molecule has 1 aromatic rings. The topological polar surface area (TPSA) is 50.2 Å². The van der Waals surface area contributed by atoms with E-state index in [1.54, 1.807) is 12.3 Å². The zero-order chi connectivity index (χ0) is 9.76. The molecule has 1 saturated carbocycles. The first kappa shape index (κ1) is 8.17. The molecule has 14 heavy (non-hydrogen) atoms. The molecule has 0 aromatic carbocycles. The number of aliphatic hydroxyl groups excluding tert-OH is 1. The molecule has 1 aromatic heterocycles. The van der Waals surface area contributed by atoms with E-state index in [2.05, 4.69) is 4.98 Å². The third-order valence-corrected chi connectivity index (χ3v) is 4.63. The van der Waals surface area contributed by atoms with Gasteiger partial charge in [0.05, 0.1) is 21.2 Å². The number of aromatic nitrogens is 1. The molecular weight excluding hydrogens is 198 g/mol. The lowest BCUT2D eigenvalue weighted by atomic mass is 10.1. The molecule has 3 rings (SSSR count). The standard InChI is InChI=1S/C10H9NO2S/c12-8-6-14(13)10(3-4-10)9-7(8)2-1-5-11-9/h1-2,5-6,12H,3-4H2. The normalized spacial score (nSPS) is 26.9. The largest absolute Gasteiger partial charge is 0.507 e. The minimum Gasteiger partial charge on any atom is -0.507 e. The number of aliphatic hydroxyl groups is 1. The van der Waals surface area contributed by atoms with Gasteiger partial charge in [-0.3, -0.25) is 9.19 Å². The SMILES string of the molecule is O=S1C=C(O)c2cccnc2C12CC2. The predicted octanol–water partition coefficient (Wildman–Crippen LogP) is 1.69. The van der Waals surface area contributed by atoms with Crippen LogP contribution in [0.4, 0.5) is 0 Å². The van der Waals surface area contributed by atoms with Crippen molar-refractivity contribution in [3.05, 3.63) is 35.0 Å². The molecule has 2 aliphatic rings. The summed E-state index contributed by atoms with van der Waals surface area (Å²) in [7, 11) is -1.11. The first-order valence-electron chi connectivity index (χ1n) is 4.51. The molecule has 1 fully saturated rings. The summed E-state index contributed by atoms with van der Waals surface area (Å²) in [5, 5.41) is 11.1. The second kappa shape index (κ2) is 2.45. The number of hydrogen-bond donors (Lipinski definition) is 1. The van der Waals surface area contributed by atoms with Crippen molar-refractivity contribution in [2.24, 2.45) is 0 Å². The Bertz CT molecular complexity index is 463. The van der Waals surface area contributed by atoms with E-state index in [1.165, 1.54) is 5.41 Å².